The molecule has 2 aromatic carbocycles. The molecule has 0 saturated carbocycles. The van der Waals surface area contributed by atoms with Crippen molar-refractivity contribution in [2.24, 2.45) is 0 Å². The van der Waals surface area contributed by atoms with Crippen LogP contribution in [0.15, 0.2) is 70.8 Å². The summed E-state index contributed by atoms with van der Waals surface area (Å²) in [6.45, 7) is 2.70. The number of thiazole rings is 1. The number of nitrogens with one attached hydrogen (secondary N) is 2. The van der Waals surface area contributed by atoms with Crippen LogP contribution >= 0.6 is 11.3 Å². The third-order valence-corrected chi connectivity index (χ3v) is 5.50. The topological polar surface area (TPSA) is 75.5 Å². The second-order valence-corrected chi connectivity index (χ2v) is 7.48. The van der Waals surface area contributed by atoms with Gasteiger partial charge in [-0.05, 0) is 24.6 Å². The number of rotatable bonds is 6. The van der Waals surface area contributed by atoms with Crippen LogP contribution < -0.4 is 16.2 Å². The first-order chi connectivity index (χ1) is 14.1. The highest BCUT2D eigenvalue weighted by Crippen LogP contribution is 2.17. The number of aromatic nitrogens is 2. The van der Waals surface area contributed by atoms with Crippen LogP contribution in [-0.2, 0) is 13.1 Å². The summed E-state index contributed by atoms with van der Waals surface area (Å²) in [6.07, 6.45) is 0. The fraction of sp³-hybridized carbons (Fsp3) is 0.136. The highest BCUT2D eigenvalue weighted by atomic mass is 32.1. The second kappa shape index (κ2) is 8.28. The molecule has 0 aliphatic carbocycles. The number of benzene rings is 2. The average molecular weight is 404 g/mol. The summed E-state index contributed by atoms with van der Waals surface area (Å²) in [7, 11) is 0. The molecule has 7 heteroatoms. The van der Waals surface area contributed by atoms with Crippen LogP contribution in [0, 0.1) is 6.92 Å². The van der Waals surface area contributed by atoms with Gasteiger partial charge in [0.15, 0.2) is 4.96 Å². The van der Waals surface area contributed by atoms with Gasteiger partial charge in [-0.3, -0.25) is 14.0 Å². The molecule has 4 rings (SSSR count). The van der Waals surface area contributed by atoms with Crippen molar-refractivity contribution in [2.75, 3.05) is 5.32 Å². The number of aryl methyl sites for hydroxylation is 1. The van der Waals surface area contributed by atoms with Crippen LogP contribution in [0.4, 0.5) is 5.69 Å². The molecule has 0 saturated heterocycles. The van der Waals surface area contributed by atoms with E-state index in [0.29, 0.717) is 35.0 Å². The van der Waals surface area contributed by atoms with Crippen molar-refractivity contribution in [3.05, 3.63) is 98.9 Å². The van der Waals surface area contributed by atoms with Gasteiger partial charge in [-0.2, -0.15) is 0 Å². The molecule has 29 heavy (non-hydrogen) atoms. The van der Waals surface area contributed by atoms with Gasteiger partial charge in [0.1, 0.15) is 0 Å². The number of fused-ring (bicyclic) bond motifs is 1. The Bertz CT molecular complexity index is 1210. The zero-order chi connectivity index (χ0) is 20.2. The van der Waals surface area contributed by atoms with Crippen LogP contribution in [0.1, 0.15) is 27.3 Å². The molecule has 0 spiro atoms. The maximum atomic E-state index is 12.7. The molecule has 0 aliphatic heterocycles. The van der Waals surface area contributed by atoms with E-state index in [0.717, 1.165) is 11.3 Å². The first kappa shape index (κ1) is 18.9. The molecular formula is C22H20N4O2S. The Labute approximate surface area is 171 Å². The number of anilines is 1. The van der Waals surface area contributed by atoms with Crippen LogP contribution in [0.3, 0.4) is 0 Å². The van der Waals surface area contributed by atoms with Gasteiger partial charge < -0.3 is 10.6 Å². The Hall–Kier alpha value is -3.45. The summed E-state index contributed by atoms with van der Waals surface area (Å²) in [6, 6.07) is 18.6. The van der Waals surface area contributed by atoms with E-state index >= 15 is 0 Å². The molecule has 0 aliphatic rings. The van der Waals surface area contributed by atoms with Gasteiger partial charge in [0.05, 0.1) is 17.8 Å². The predicted octanol–water partition coefficient (Wildman–Crippen LogP) is 3.61. The Morgan fingerprint density at radius 1 is 1.07 bits per heavy atom. The van der Waals surface area contributed by atoms with Crippen LogP contribution in [0.5, 0.6) is 0 Å². The van der Waals surface area contributed by atoms with Crippen molar-refractivity contribution < 1.29 is 4.79 Å². The number of hydrogen-bond donors (Lipinski definition) is 2. The lowest BCUT2D eigenvalue weighted by molar-refractivity contribution is 0.0951. The highest BCUT2D eigenvalue weighted by molar-refractivity contribution is 7.15. The van der Waals surface area contributed by atoms with Crippen LogP contribution in [0.25, 0.3) is 4.96 Å². The molecule has 0 bridgehead atoms. The minimum Gasteiger partial charge on any atom is -0.379 e. The first-order valence-corrected chi connectivity index (χ1v) is 10.1. The third kappa shape index (κ3) is 4.20. The summed E-state index contributed by atoms with van der Waals surface area (Å²) in [5.41, 5.74) is 3.70. The molecule has 2 aromatic heterocycles. The third-order valence-electron chi connectivity index (χ3n) is 4.56. The molecule has 0 unspecified atom stereocenters. The fourth-order valence-corrected chi connectivity index (χ4v) is 3.98. The minimum atomic E-state index is -0.158. The average Bonchev–Trinajstić information content (AvgIpc) is 3.12. The van der Waals surface area contributed by atoms with Crippen LogP contribution in [0.2, 0.25) is 0 Å². The van der Waals surface area contributed by atoms with Gasteiger partial charge in [-0.15, -0.1) is 11.3 Å². The van der Waals surface area contributed by atoms with Gasteiger partial charge in [-0.25, -0.2) is 4.98 Å². The standard InChI is InChI=1S/C22H20N4O2S/c1-15-14-29-22-25-17(11-20(27)26(15)22)13-23-19-10-6-5-9-18(19)21(28)24-12-16-7-3-2-4-8-16/h2-11,14,23H,12-13H2,1H3,(H,24,28). The van der Waals surface area contributed by atoms with E-state index in [4.69, 9.17) is 0 Å². The van der Waals surface area contributed by atoms with Crippen molar-refractivity contribution in [1.82, 2.24) is 14.7 Å². The molecule has 0 radical (unpaired) electrons. The maximum Gasteiger partial charge on any atom is 0.259 e. The lowest BCUT2D eigenvalue weighted by Crippen LogP contribution is -2.24. The monoisotopic (exact) mass is 404 g/mol. The molecule has 2 N–H and O–H groups in total. The van der Waals surface area contributed by atoms with Gasteiger partial charge in [-0.1, -0.05) is 42.5 Å². The molecule has 146 valence electrons. The Balaban J connectivity index is 1.48. The van der Waals surface area contributed by atoms with Crippen molar-refractivity contribution in [2.45, 2.75) is 20.0 Å². The van der Waals surface area contributed by atoms with E-state index in [1.54, 1.807) is 10.5 Å². The summed E-state index contributed by atoms with van der Waals surface area (Å²) in [5.74, 6) is -0.158. The Morgan fingerprint density at radius 2 is 1.83 bits per heavy atom. The zero-order valence-corrected chi connectivity index (χ0v) is 16.7. The quantitative estimate of drug-likeness (QED) is 0.515. The largest absolute Gasteiger partial charge is 0.379 e. The van der Waals surface area contributed by atoms with Gasteiger partial charge in [0.25, 0.3) is 11.5 Å². The van der Waals surface area contributed by atoms with E-state index in [1.807, 2.05) is 60.8 Å². The summed E-state index contributed by atoms with van der Waals surface area (Å²) >= 11 is 1.44. The number of amides is 1. The van der Waals surface area contributed by atoms with Gasteiger partial charge in [0.2, 0.25) is 0 Å². The summed E-state index contributed by atoms with van der Waals surface area (Å²) < 4.78 is 1.60. The molecule has 1 amide bonds. The summed E-state index contributed by atoms with van der Waals surface area (Å²) in [4.78, 5) is 30.2. The number of para-hydroxylation sites is 1. The van der Waals surface area contributed by atoms with E-state index in [2.05, 4.69) is 15.6 Å². The Morgan fingerprint density at radius 3 is 2.66 bits per heavy atom. The van der Waals surface area contributed by atoms with Gasteiger partial charge >= 0.3 is 0 Å². The predicted molar refractivity (Wildman–Crippen MR) is 115 cm³/mol. The highest BCUT2D eigenvalue weighted by Gasteiger charge is 2.12. The minimum absolute atomic E-state index is 0.0977. The number of nitrogens with zero attached hydrogens (tertiary/aromatic N) is 2. The molecule has 0 fully saturated rings. The van der Waals surface area contributed by atoms with E-state index in [-0.39, 0.29) is 11.5 Å². The van der Waals surface area contributed by atoms with E-state index in [9.17, 15) is 9.59 Å². The first-order valence-electron chi connectivity index (χ1n) is 9.23. The van der Waals surface area contributed by atoms with Gasteiger partial charge in [0, 0.05) is 29.4 Å². The smallest absolute Gasteiger partial charge is 0.259 e. The lowest BCUT2D eigenvalue weighted by atomic mass is 10.1. The second-order valence-electron chi connectivity index (χ2n) is 6.65. The number of carbonyl (C=O) groups is 1. The van der Waals surface area contributed by atoms with Crippen molar-refractivity contribution >= 4 is 27.9 Å². The van der Waals surface area contributed by atoms with Crippen molar-refractivity contribution in [3.8, 4) is 0 Å². The Kier molecular flexibility index (Phi) is 5.39. The number of hydrogen-bond acceptors (Lipinski definition) is 5. The molecule has 0 atom stereocenters. The van der Waals surface area contributed by atoms with Crippen LogP contribution in [-0.4, -0.2) is 15.3 Å². The normalized spacial score (nSPS) is 10.8. The van der Waals surface area contributed by atoms with E-state index in [1.165, 1.54) is 17.4 Å². The summed E-state index contributed by atoms with van der Waals surface area (Å²) in [5, 5.41) is 8.09. The maximum absolute atomic E-state index is 12.7. The molecule has 4 aromatic rings. The number of carbonyl (C=O) groups excluding carboxylic acids is 1. The van der Waals surface area contributed by atoms with E-state index < -0.39 is 0 Å². The molecule has 2 heterocycles. The van der Waals surface area contributed by atoms with Crippen molar-refractivity contribution in [3.63, 3.8) is 0 Å². The lowest BCUT2D eigenvalue weighted by Gasteiger charge is -2.12. The zero-order valence-electron chi connectivity index (χ0n) is 15.9. The fourth-order valence-electron chi connectivity index (χ4n) is 3.09. The molecule has 6 nitrogen and oxygen atoms in total. The van der Waals surface area contributed by atoms with Crippen molar-refractivity contribution in [1.29, 1.82) is 0 Å². The molecular weight excluding hydrogens is 384 g/mol. The SMILES string of the molecule is Cc1csc2nc(CNc3ccccc3C(=O)NCc3ccccc3)cc(=O)n12.